The molecule has 148 valence electrons. The summed E-state index contributed by atoms with van der Waals surface area (Å²) in [6, 6.07) is 24.9. The summed E-state index contributed by atoms with van der Waals surface area (Å²) in [7, 11) is 0. The Labute approximate surface area is 183 Å². The molecule has 0 saturated carbocycles. The summed E-state index contributed by atoms with van der Waals surface area (Å²) < 4.78 is 0.853. The van der Waals surface area contributed by atoms with Crippen molar-refractivity contribution < 1.29 is 5.11 Å². The average Bonchev–Trinajstić information content (AvgIpc) is 2.76. The van der Waals surface area contributed by atoms with Gasteiger partial charge in [0.25, 0.3) is 0 Å². The lowest BCUT2D eigenvalue weighted by Crippen LogP contribution is -2.20. The van der Waals surface area contributed by atoms with Gasteiger partial charge in [0.1, 0.15) is 11.4 Å². The normalized spacial score (nSPS) is 11.9. The minimum absolute atomic E-state index is 0.143. The number of benzene rings is 3. The fraction of sp³-hybridized carbons (Fsp3) is 0.0417. The van der Waals surface area contributed by atoms with Crippen molar-refractivity contribution in [2.75, 3.05) is 0 Å². The molecule has 0 bridgehead atoms. The second-order valence-electron chi connectivity index (χ2n) is 6.76. The van der Waals surface area contributed by atoms with E-state index in [0.29, 0.717) is 17.1 Å². The number of hydrogen-bond acceptors (Lipinski definition) is 4. The SMILES string of the molecule is Cc1ccc(N=C(NN=Cc2cc(Br)ccc2O)c2ccc3ccccc3n2)cc1. The standard InChI is InChI=1S/C24H19BrN4O/c1-16-6-10-20(11-7-16)27-24(22-12-8-17-4-2-3-5-21(17)28-22)29-26-15-18-14-19(25)9-13-23(18)30/h2-15,30H,1H3,(H,27,29). The Balaban J connectivity index is 1.70. The number of hydrogen-bond donors (Lipinski definition) is 2. The number of nitrogens with zero attached hydrogens (tertiary/aromatic N) is 3. The van der Waals surface area contributed by atoms with Gasteiger partial charge in [0.2, 0.25) is 0 Å². The van der Waals surface area contributed by atoms with Crippen LogP contribution in [0.1, 0.15) is 16.8 Å². The number of amidine groups is 1. The molecule has 0 fully saturated rings. The van der Waals surface area contributed by atoms with Crippen LogP contribution in [0.5, 0.6) is 5.75 Å². The Morgan fingerprint density at radius 2 is 1.80 bits per heavy atom. The van der Waals surface area contributed by atoms with Crippen LogP contribution >= 0.6 is 15.9 Å². The van der Waals surface area contributed by atoms with Gasteiger partial charge in [-0.2, -0.15) is 5.10 Å². The zero-order chi connectivity index (χ0) is 20.9. The van der Waals surface area contributed by atoms with E-state index in [1.54, 1.807) is 24.4 Å². The number of rotatable bonds is 4. The molecule has 0 radical (unpaired) electrons. The van der Waals surface area contributed by atoms with Crippen molar-refractivity contribution in [2.24, 2.45) is 10.1 Å². The van der Waals surface area contributed by atoms with Crippen LogP contribution in [0.4, 0.5) is 5.69 Å². The lowest BCUT2D eigenvalue weighted by atomic mass is 10.2. The molecular weight excluding hydrogens is 440 g/mol. The molecule has 4 aromatic rings. The molecule has 5 nitrogen and oxygen atoms in total. The minimum atomic E-state index is 0.143. The summed E-state index contributed by atoms with van der Waals surface area (Å²) in [5.74, 6) is 0.653. The van der Waals surface area contributed by atoms with Crippen LogP contribution in [0, 0.1) is 6.92 Å². The van der Waals surface area contributed by atoms with E-state index >= 15 is 0 Å². The number of phenolic OH excluding ortho intramolecular Hbond substituents is 1. The second-order valence-corrected chi connectivity index (χ2v) is 7.67. The molecule has 0 amide bonds. The highest BCUT2D eigenvalue weighted by molar-refractivity contribution is 9.10. The van der Waals surface area contributed by atoms with Crippen LogP contribution in [-0.2, 0) is 0 Å². The molecule has 0 aliphatic carbocycles. The van der Waals surface area contributed by atoms with E-state index in [-0.39, 0.29) is 5.75 Å². The van der Waals surface area contributed by atoms with Gasteiger partial charge in [-0.15, -0.1) is 0 Å². The number of halogens is 1. The number of pyridine rings is 1. The first kappa shape index (κ1) is 19.8. The number of aliphatic imine (C=N–C) groups is 1. The number of aromatic nitrogens is 1. The molecule has 0 unspecified atom stereocenters. The van der Waals surface area contributed by atoms with E-state index in [4.69, 9.17) is 9.98 Å². The fourth-order valence-corrected chi connectivity index (χ4v) is 3.26. The zero-order valence-electron chi connectivity index (χ0n) is 16.2. The molecule has 1 heterocycles. The van der Waals surface area contributed by atoms with Crippen molar-refractivity contribution in [3.05, 3.63) is 100 Å². The quantitative estimate of drug-likeness (QED) is 0.233. The zero-order valence-corrected chi connectivity index (χ0v) is 17.8. The van der Waals surface area contributed by atoms with Gasteiger partial charge in [-0.25, -0.2) is 9.98 Å². The smallest absolute Gasteiger partial charge is 0.173 e. The number of fused-ring (bicyclic) bond motifs is 1. The molecule has 3 aromatic carbocycles. The first-order valence-corrected chi connectivity index (χ1v) is 10.2. The maximum absolute atomic E-state index is 10.0. The minimum Gasteiger partial charge on any atom is -0.507 e. The van der Waals surface area contributed by atoms with Crippen molar-refractivity contribution in [2.45, 2.75) is 6.92 Å². The van der Waals surface area contributed by atoms with Crippen molar-refractivity contribution in [1.82, 2.24) is 10.4 Å². The predicted molar refractivity (Wildman–Crippen MR) is 126 cm³/mol. The highest BCUT2D eigenvalue weighted by atomic mass is 79.9. The molecule has 0 aliphatic rings. The summed E-state index contributed by atoms with van der Waals surface area (Å²) in [5.41, 5.74) is 7.07. The molecule has 0 saturated heterocycles. The second kappa shape index (κ2) is 8.88. The average molecular weight is 459 g/mol. The van der Waals surface area contributed by atoms with E-state index in [1.807, 2.05) is 67.6 Å². The van der Waals surface area contributed by atoms with E-state index in [1.165, 1.54) is 0 Å². The summed E-state index contributed by atoms with van der Waals surface area (Å²) in [5, 5.41) is 15.4. The highest BCUT2D eigenvalue weighted by Crippen LogP contribution is 2.20. The Morgan fingerprint density at radius 1 is 1.00 bits per heavy atom. The van der Waals surface area contributed by atoms with E-state index < -0.39 is 0 Å². The highest BCUT2D eigenvalue weighted by Gasteiger charge is 2.07. The Kier molecular flexibility index (Phi) is 5.86. The van der Waals surface area contributed by atoms with Gasteiger partial charge in [-0.3, -0.25) is 5.43 Å². The molecule has 30 heavy (non-hydrogen) atoms. The lowest BCUT2D eigenvalue weighted by molar-refractivity contribution is 0.474. The van der Waals surface area contributed by atoms with Crippen LogP contribution in [0.3, 0.4) is 0 Å². The Bertz CT molecular complexity index is 1250. The summed E-state index contributed by atoms with van der Waals surface area (Å²) >= 11 is 3.40. The van der Waals surface area contributed by atoms with Gasteiger partial charge in [0.05, 0.1) is 17.4 Å². The molecule has 1 aromatic heterocycles. The van der Waals surface area contributed by atoms with E-state index in [2.05, 4.69) is 26.5 Å². The molecule has 0 spiro atoms. The van der Waals surface area contributed by atoms with Gasteiger partial charge in [0, 0.05) is 15.4 Å². The molecule has 4 rings (SSSR count). The predicted octanol–water partition coefficient (Wildman–Crippen LogP) is 5.71. The van der Waals surface area contributed by atoms with Crippen molar-refractivity contribution in [3.8, 4) is 5.75 Å². The molecular formula is C24H19BrN4O. The first-order chi connectivity index (χ1) is 14.6. The van der Waals surface area contributed by atoms with Gasteiger partial charge < -0.3 is 5.11 Å². The Hall–Kier alpha value is -3.51. The number of aryl methyl sites for hydroxylation is 1. The molecule has 2 N–H and O–H groups in total. The van der Waals surface area contributed by atoms with Gasteiger partial charge in [-0.1, -0.05) is 57.9 Å². The van der Waals surface area contributed by atoms with E-state index in [0.717, 1.165) is 26.6 Å². The molecule has 0 aliphatic heterocycles. The maximum Gasteiger partial charge on any atom is 0.173 e. The molecule has 6 heteroatoms. The lowest BCUT2D eigenvalue weighted by Gasteiger charge is -2.08. The summed E-state index contributed by atoms with van der Waals surface area (Å²) in [4.78, 5) is 9.43. The van der Waals surface area contributed by atoms with E-state index in [9.17, 15) is 5.11 Å². The molecule has 0 atom stereocenters. The summed E-state index contributed by atoms with van der Waals surface area (Å²) in [6.45, 7) is 2.03. The first-order valence-electron chi connectivity index (χ1n) is 9.37. The monoisotopic (exact) mass is 458 g/mol. The van der Waals surface area contributed by atoms with Crippen molar-refractivity contribution in [3.63, 3.8) is 0 Å². The van der Waals surface area contributed by atoms with Crippen LogP contribution in [0.25, 0.3) is 10.9 Å². The number of aromatic hydroxyl groups is 1. The fourth-order valence-electron chi connectivity index (χ4n) is 2.88. The third-order valence-corrected chi connectivity index (χ3v) is 4.97. The van der Waals surface area contributed by atoms with Crippen LogP contribution in [0.2, 0.25) is 0 Å². The maximum atomic E-state index is 10.0. The van der Waals surface area contributed by atoms with Crippen molar-refractivity contribution in [1.29, 1.82) is 0 Å². The number of hydrazone groups is 1. The topological polar surface area (TPSA) is 69.9 Å². The third kappa shape index (κ3) is 4.72. The third-order valence-electron chi connectivity index (χ3n) is 4.48. The summed E-state index contributed by atoms with van der Waals surface area (Å²) in [6.07, 6.45) is 1.55. The van der Waals surface area contributed by atoms with Gasteiger partial charge in [-0.05, 0) is 49.4 Å². The number of nitrogens with one attached hydrogen (secondary N) is 1. The number of phenols is 1. The van der Waals surface area contributed by atoms with Crippen LogP contribution < -0.4 is 5.43 Å². The largest absolute Gasteiger partial charge is 0.507 e. The van der Waals surface area contributed by atoms with Crippen molar-refractivity contribution >= 4 is 44.6 Å². The van der Waals surface area contributed by atoms with Gasteiger partial charge >= 0.3 is 0 Å². The Morgan fingerprint density at radius 3 is 2.63 bits per heavy atom. The number of para-hydroxylation sites is 1. The van der Waals surface area contributed by atoms with Crippen LogP contribution in [-0.4, -0.2) is 22.1 Å². The van der Waals surface area contributed by atoms with Gasteiger partial charge in [0.15, 0.2) is 5.84 Å². The van der Waals surface area contributed by atoms with Crippen LogP contribution in [0.15, 0.2) is 93.4 Å².